The van der Waals surface area contributed by atoms with E-state index in [0.29, 0.717) is 11.6 Å². The van der Waals surface area contributed by atoms with E-state index in [1.54, 1.807) is 14.2 Å². The molecule has 16 heavy (non-hydrogen) atoms. The predicted octanol–water partition coefficient (Wildman–Crippen LogP) is 3.15. The summed E-state index contributed by atoms with van der Waals surface area (Å²) >= 11 is 3.46. The minimum Gasteiger partial charge on any atom is -0.491 e. The van der Waals surface area contributed by atoms with E-state index in [2.05, 4.69) is 27.0 Å². The lowest BCUT2D eigenvalue weighted by atomic mass is 10.1. The van der Waals surface area contributed by atoms with Crippen molar-refractivity contribution >= 4 is 26.8 Å². The van der Waals surface area contributed by atoms with Crippen molar-refractivity contribution in [2.24, 2.45) is 0 Å². The Morgan fingerprint density at radius 3 is 2.69 bits per heavy atom. The van der Waals surface area contributed by atoms with Gasteiger partial charge in [-0.25, -0.2) is 4.98 Å². The predicted molar refractivity (Wildman–Crippen MR) is 67.5 cm³/mol. The van der Waals surface area contributed by atoms with Crippen LogP contribution in [0.15, 0.2) is 24.3 Å². The van der Waals surface area contributed by atoms with Crippen LogP contribution >= 0.6 is 15.9 Å². The van der Waals surface area contributed by atoms with Gasteiger partial charge in [0.1, 0.15) is 0 Å². The van der Waals surface area contributed by atoms with Gasteiger partial charge in [-0.2, -0.15) is 0 Å². The number of benzene rings is 1. The van der Waals surface area contributed by atoms with Crippen molar-refractivity contribution in [3.05, 3.63) is 29.8 Å². The molecular weight excluding hydrogens is 270 g/mol. The van der Waals surface area contributed by atoms with E-state index < -0.39 is 0 Å². The molecule has 0 saturated carbocycles. The lowest BCUT2D eigenvalue weighted by Crippen LogP contribution is -1.95. The number of halogens is 1. The van der Waals surface area contributed by atoms with Gasteiger partial charge in [-0.05, 0) is 17.7 Å². The van der Waals surface area contributed by atoms with Gasteiger partial charge in [0.2, 0.25) is 0 Å². The zero-order chi connectivity index (χ0) is 11.5. The lowest BCUT2D eigenvalue weighted by molar-refractivity contribution is 0.344. The largest absolute Gasteiger partial charge is 0.491 e. The third kappa shape index (κ3) is 1.85. The van der Waals surface area contributed by atoms with Crippen LogP contribution in [0.5, 0.6) is 11.6 Å². The van der Waals surface area contributed by atoms with Crippen molar-refractivity contribution in [3.63, 3.8) is 0 Å². The lowest BCUT2D eigenvalue weighted by Gasteiger charge is -2.09. The van der Waals surface area contributed by atoms with Gasteiger partial charge in [0.25, 0.3) is 5.88 Å². The Bertz CT molecular complexity index is 514. The number of rotatable bonds is 3. The van der Waals surface area contributed by atoms with Crippen molar-refractivity contribution in [2.45, 2.75) is 5.33 Å². The maximum atomic E-state index is 5.24. The minimum atomic E-state index is 0.515. The van der Waals surface area contributed by atoms with Crippen LogP contribution in [0.2, 0.25) is 0 Å². The number of alkyl halides is 1. The van der Waals surface area contributed by atoms with Crippen LogP contribution in [0.1, 0.15) is 5.56 Å². The number of fused-ring (bicyclic) bond motifs is 1. The topological polar surface area (TPSA) is 31.4 Å². The van der Waals surface area contributed by atoms with E-state index in [4.69, 9.17) is 9.47 Å². The van der Waals surface area contributed by atoms with E-state index in [9.17, 15) is 0 Å². The van der Waals surface area contributed by atoms with Gasteiger partial charge in [0.05, 0.1) is 19.7 Å². The highest BCUT2D eigenvalue weighted by molar-refractivity contribution is 9.08. The maximum Gasteiger partial charge on any atom is 0.257 e. The van der Waals surface area contributed by atoms with Gasteiger partial charge in [0.15, 0.2) is 5.75 Å². The number of pyridine rings is 1. The van der Waals surface area contributed by atoms with Crippen LogP contribution < -0.4 is 9.47 Å². The Morgan fingerprint density at radius 1 is 1.25 bits per heavy atom. The monoisotopic (exact) mass is 281 g/mol. The molecule has 0 aliphatic carbocycles. The van der Waals surface area contributed by atoms with Crippen molar-refractivity contribution in [1.82, 2.24) is 4.98 Å². The highest BCUT2D eigenvalue weighted by Gasteiger charge is 2.09. The van der Waals surface area contributed by atoms with E-state index in [0.717, 1.165) is 16.2 Å². The van der Waals surface area contributed by atoms with Gasteiger partial charge < -0.3 is 9.47 Å². The highest BCUT2D eigenvalue weighted by atomic mass is 79.9. The van der Waals surface area contributed by atoms with Gasteiger partial charge in [-0.3, -0.25) is 0 Å². The first-order valence-corrected chi connectivity index (χ1v) is 5.99. The summed E-state index contributed by atoms with van der Waals surface area (Å²) in [4.78, 5) is 4.41. The number of methoxy groups -OCH3 is 2. The van der Waals surface area contributed by atoms with Crippen LogP contribution in [-0.2, 0) is 5.33 Å². The summed E-state index contributed by atoms with van der Waals surface area (Å²) in [5, 5.41) is 1.87. The van der Waals surface area contributed by atoms with Gasteiger partial charge in [0, 0.05) is 10.7 Å². The summed E-state index contributed by atoms with van der Waals surface area (Å²) in [6.45, 7) is 0. The standard InChI is InChI=1S/C12H12BrNO2/c1-15-11-6-9-8(7-13)4-3-5-10(9)14-12(11)16-2/h3-6H,7H2,1-2H3. The van der Waals surface area contributed by atoms with E-state index in [1.165, 1.54) is 5.56 Å². The molecule has 1 aromatic carbocycles. The Balaban J connectivity index is 2.72. The average Bonchev–Trinajstić information content (AvgIpc) is 2.36. The molecule has 0 spiro atoms. The van der Waals surface area contributed by atoms with Crippen molar-refractivity contribution in [2.75, 3.05) is 14.2 Å². The Kier molecular flexibility index (Phi) is 3.29. The fourth-order valence-electron chi connectivity index (χ4n) is 1.63. The summed E-state index contributed by atoms with van der Waals surface area (Å²) in [7, 11) is 3.20. The number of hydrogen-bond acceptors (Lipinski definition) is 3. The Morgan fingerprint density at radius 2 is 2.06 bits per heavy atom. The van der Waals surface area contributed by atoms with Gasteiger partial charge in [-0.15, -0.1) is 0 Å². The second kappa shape index (κ2) is 4.70. The molecule has 84 valence electrons. The zero-order valence-electron chi connectivity index (χ0n) is 9.16. The SMILES string of the molecule is COc1cc2c(CBr)cccc2nc1OC. The summed E-state index contributed by atoms with van der Waals surface area (Å²) in [5.74, 6) is 1.17. The molecule has 0 N–H and O–H groups in total. The molecule has 1 heterocycles. The Hall–Kier alpha value is -1.29. The quantitative estimate of drug-likeness (QED) is 0.810. The molecular formula is C12H12BrNO2. The molecule has 4 heteroatoms. The fourth-order valence-corrected chi connectivity index (χ4v) is 2.12. The fraction of sp³-hybridized carbons (Fsp3) is 0.250. The molecule has 2 rings (SSSR count). The molecule has 0 aliphatic heterocycles. The third-order valence-electron chi connectivity index (χ3n) is 2.44. The maximum absolute atomic E-state index is 5.24. The molecule has 0 aliphatic rings. The normalized spacial score (nSPS) is 10.4. The Labute approximate surface area is 103 Å². The van der Waals surface area contributed by atoms with Crippen LogP contribution in [0, 0.1) is 0 Å². The van der Waals surface area contributed by atoms with Gasteiger partial charge >= 0.3 is 0 Å². The van der Waals surface area contributed by atoms with Gasteiger partial charge in [-0.1, -0.05) is 28.1 Å². The van der Waals surface area contributed by atoms with E-state index in [1.807, 2.05) is 18.2 Å². The average molecular weight is 282 g/mol. The second-order valence-corrected chi connectivity index (χ2v) is 3.88. The molecule has 2 aromatic rings. The zero-order valence-corrected chi connectivity index (χ0v) is 10.7. The second-order valence-electron chi connectivity index (χ2n) is 3.32. The minimum absolute atomic E-state index is 0.515. The summed E-state index contributed by atoms with van der Waals surface area (Å²) < 4.78 is 10.4. The van der Waals surface area contributed by atoms with Crippen molar-refractivity contribution < 1.29 is 9.47 Å². The highest BCUT2D eigenvalue weighted by Crippen LogP contribution is 2.30. The molecule has 0 fully saturated rings. The molecule has 0 radical (unpaired) electrons. The van der Waals surface area contributed by atoms with Crippen LogP contribution in [0.3, 0.4) is 0 Å². The van der Waals surface area contributed by atoms with E-state index in [-0.39, 0.29) is 0 Å². The van der Waals surface area contributed by atoms with Crippen LogP contribution in [-0.4, -0.2) is 19.2 Å². The first-order valence-electron chi connectivity index (χ1n) is 4.86. The molecule has 0 saturated heterocycles. The first kappa shape index (κ1) is 11.2. The molecule has 3 nitrogen and oxygen atoms in total. The smallest absolute Gasteiger partial charge is 0.257 e. The summed E-state index contributed by atoms with van der Waals surface area (Å²) in [6, 6.07) is 7.96. The molecule has 0 unspecified atom stereocenters. The molecule has 0 bridgehead atoms. The third-order valence-corrected chi connectivity index (χ3v) is 3.04. The van der Waals surface area contributed by atoms with Crippen LogP contribution in [0.25, 0.3) is 10.9 Å². The number of ether oxygens (including phenoxy) is 2. The van der Waals surface area contributed by atoms with E-state index >= 15 is 0 Å². The number of nitrogens with zero attached hydrogens (tertiary/aromatic N) is 1. The first-order chi connectivity index (χ1) is 7.80. The molecule has 0 atom stereocenters. The number of hydrogen-bond donors (Lipinski definition) is 0. The number of aromatic nitrogens is 1. The molecule has 1 aromatic heterocycles. The molecule has 0 amide bonds. The van der Waals surface area contributed by atoms with Crippen LogP contribution in [0.4, 0.5) is 0 Å². The summed E-state index contributed by atoms with van der Waals surface area (Å²) in [6.07, 6.45) is 0. The van der Waals surface area contributed by atoms with Crippen molar-refractivity contribution in [3.8, 4) is 11.6 Å². The van der Waals surface area contributed by atoms with Crippen molar-refractivity contribution in [1.29, 1.82) is 0 Å². The summed E-state index contributed by atoms with van der Waals surface area (Å²) in [5.41, 5.74) is 2.10.